The zero-order valence-electron chi connectivity index (χ0n) is 11.5. The van der Waals surface area contributed by atoms with E-state index in [1.165, 1.54) is 10.4 Å². The van der Waals surface area contributed by atoms with Gasteiger partial charge in [0.05, 0.1) is 13.2 Å². The number of benzene rings is 1. The Bertz CT molecular complexity index is 571. The standard InChI is InChI=1S/C15H17Br2NOS/c1-3-7-18-14(15-13(17)6-8-20-15)11-9-10(19-2)4-5-12(11)16/h4-6,8-9,14,18H,3,7H2,1-2H3. The molecule has 0 bridgehead atoms. The molecule has 0 spiro atoms. The first kappa shape index (κ1) is 16.0. The van der Waals surface area contributed by atoms with E-state index >= 15 is 0 Å². The molecule has 0 saturated carbocycles. The highest BCUT2D eigenvalue weighted by molar-refractivity contribution is 9.10. The number of ether oxygens (including phenoxy) is 1. The summed E-state index contributed by atoms with van der Waals surface area (Å²) < 4.78 is 7.59. The maximum atomic E-state index is 5.36. The summed E-state index contributed by atoms with van der Waals surface area (Å²) in [6, 6.07) is 8.34. The molecule has 20 heavy (non-hydrogen) atoms. The third-order valence-corrected chi connectivity index (χ3v) is 5.68. The molecule has 5 heteroatoms. The smallest absolute Gasteiger partial charge is 0.119 e. The molecule has 0 radical (unpaired) electrons. The van der Waals surface area contributed by atoms with Gasteiger partial charge >= 0.3 is 0 Å². The summed E-state index contributed by atoms with van der Waals surface area (Å²) in [5, 5.41) is 5.72. The van der Waals surface area contributed by atoms with E-state index in [2.05, 4.69) is 61.6 Å². The van der Waals surface area contributed by atoms with Gasteiger partial charge in [0.2, 0.25) is 0 Å². The van der Waals surface area contributed by atoms with Crippen LogP contribution < -0.4 is 10.1 Å². The first-order valence-corrected chi connectivity index (χ1v) is 8.93. The van der Waals surface area contributed by atoms with E-state index in [1.807, 2.05) is 12.1 Å². The van der Waals surface area contributed by atoms with Crippen molar-refractivity contribution in [3.8, 4) is 5.75 Å². The number of methoxy groups -OCH3 is 1. The molecule has 0 aliphatic rings. The number of nitrogens with one attached hydrogen (secondary N) is 1. The van der Waals surface area contributed by atoms with Gasteiger partial charge in [-0.25, -0.2) is 0 Å². The fourth-order valence-electron chi connectivity index (χ4n) is 2.01. The lowest BCUT2D eigenvalue weighted by atomic mass is 10.0. The number of hydrogen-bond donors (Lipinski definition) is 1. The number of hydrogen-bond acceptors (Lipinski definition) is 3. The van der Waals surface area contributed by atoms with E-state index in [1.54, 1.807) is 18.4 Å². The summed E-state index contributed by atoms with van der Waals surface area (Å²) in [4.78, 5) is 1.28. The first-order chi connectivity index (χ1) is 9.67. The fraction of sp³-hybridized carbons (Fsp3) is 0.333. The highest BCUT2D eigenvalue weighted by Crippen LogP contribution is 2.37. The van der Waals surface area contributed by atoms with Crippen LogP contribution in [0.3, 0.4) is 0 Å². The van der Waals surface area contributed by atoms with Crippen molar-refractivity contribution in [1.82, 2.24) is 5.32 Å². The van der Waals surface area contributed by atoms with Crippen LogP contribution in [0.2, 0.25) is 0 Å². The Morgan fingerprint density at radius 3 is 2.65 bits per heavy atom. The lowest BCUT2D eigenvalue weighted by molar-refractivity contribution is 0.413. The van der Waals surface area contributed by atoms with E-state index in [4.69, 9.17) is 4.74 Å². The first-order valence-electron chi connectivity index (χ1n) is 6.47. The lowest BCUT2D eigenvalue weighted by Crippen LogP contribution is -2.23. The van der Waals surface area contributed by atoms with E-state index in [0.717, 1.165) is 27.7 Å². The number of rotatable bonds is 6. The van der Waals surface area contributed by atoms with Crippen molar-refractivity contribution in [2.24, 2.45) is 0 Å². The van der Waals surface area contributed by atoms with Gasteiger partial charge in [0, 0.05) is 13.8 Å². The summed E-state index contributed by atoms with van der Waals surface area (Å²) in [5.74, 6) is 0.874. The van der Waals surface area contributed by atoms with Gasteiger partial charge < -0.3 is 10.1 Å². The molecule has 2 rings (SSSR count). The fourth-order valence-corrected chi connectivity index (χ4v) is 4.18. The average molecular weight is 419 g/mol. The lowest BCUT2D eigenvalue weighted by Gasteiger charge is -2.20. The minimum Gasteiger partial charge on any atom is -0.497 e. The Morgan fingerprint density at radius 1 is 1.25 bits per heavy atom. The Hall–Kier alpha value is -0.360. The second kappa shape index (κ2) is 7.59. The van der Waals surface area contributed by atoms with Crippen LogP contribution in [-0.2, 0) is 0 Å². The van der Waals surface area contributed by atoms with Gasteiger partial charge in [-0.05, 0) is 64.1 Å². The van der Waals surface area contributed by atoms with E-state index in [0.29, 0.717) is 0 Å². The molecule has 1 N–H and O–H groups in total. The van der Waals surface area contributed by atoms with Crippen LogP contribution in [0.5, 0.6) is 5.75 Å². The molecular formula is C15H17Br2NOS. The Morgan fingerprint density at radius 2 is 2.05 bits per heavy atom. The van der Waals surface area contributed by atoms with E-state index in [-0.39, 0.29) is 6.04 Å². The van der Waals surface area contributed by atoms with Gasteiger partial charge in [0.15, 0.2) is 0 Å². The molecule has 0 aliphatic carbocycles. The summed E-state index contributed by atoms with van der Waals surface area (Å²) in [5.41, 5.74) is 1.20. The quantitative estimate of drug-likeness (QED) is 0.680. The third kappa shape index (κ3) is 3.64. The maximum absolute atomic E-state index is 5.36. The van der Waals surface area contributed by atoms with Gasteiger partial charge in [-0.3, -0.25) is 0 Å². The molecule has 1 unspecified atom stereocenters. The molecule has 0 saturated heterocycles. The van der Waals surface area contributed by atoms with Crippen molar-refractivity contribution in [1.29, 1.82) is 0 Å². The zero-order valence-corrected chi connectivity index (χ0v) is 15.4. The van der Waals surface area contributed by atoms with Crippen LogP contribution >= 0.6 is 43.2 Å². The molecule has 1 heterocycles. The largest absolute Gasteiger partial charge is 0.497 e. The van der Waals surface area contributed by atoms with Crippen molar-refractivity contribution < 1.29 is 4.74 Å². The second-order valence-electron chi connectivity index (χ2n) is 4.41. The van der Waals surface area contributed by atoms with E-state index in [9.17, 15) is 0 Å². The average Bonchev–Trinajstić information content (AvgIpc) is 2.87. The molecule has 2 nitrogen and oxygen atoms in total. The highest BCUT2D eigenvalue weighted by atomic mass is 79.9. The van der Waals surface area contributed by atoms with Gasteiger partial charge in [-0.1, -0.05) is 22.9 Å². The van der Waals surface area contributed by atoms with Crippen molar-refractivity contribution in [2.75, 3.05) is 13.7 Å². The Kier molecular flexibility index (Phi) is 6.08. The molecule has 108 valence electrons. The predicted molar refractivity (Wildman–Crippen MR) is 92.8 cm³/mol. The third-order valence-electron chi connectivity index (χ3n) is 3.02. The van der Waals surface area contributed by atoms with Gasteiger partial charge in [-0.15, -0.1) is 11.3 Å². The molecular weight excluding hydrogens is 402 g/mol. The molecule has 2 aromatic rings. The summed E-state index contributed by atoms with van der Waals surface area (Å²) in [6.07, 6.45) is 1.10. The predicted octanol–water partition coefficient (Wildman–Crippen LogP) is 5.37. The summed E-state index contributed by atoms with van der Waals surface area (Å²) >= 11 is 9.05. The SMILES string of the molecule is CCCNC(c1cc(OC)ccc1Br)c1sccc1Br. The highest BCUT2D eigenvalue weighted by Gasteiger charge is 2.20. The minimum atomic E-state index is 0.161. The van der Waals surface area contributed by atoms with Gasteiger partial charge in [0.25, 0.3) is 0 Å². The van der Waals surface area contributed by atoms with Crippen molar-refractivity contribution in [2.45, 2.75) is 19.4 Å². The summed E-state index contributed by atoms with van der Waals surface area (Å²) in [6.45, 7) is 3.15. The normalized spacial score (nSPS) is 12.4. The monoisotopic (exact) mass is 417 g/mol. The Labute approximate surface area is 140 Å². The molecule has 0 aliphatic heterocycles. The number of halogens is 2. The van der Waals surface area contributed by atoms with Crippen LogP contribution in [0.15, 0.2) is 38.6 Å². The van der Waals surface area contributed by atoms with Crippen molar-refractivity contribution >= 4 is 43.2 Å². The topological polar surface area (TPSA) is 21.3 Å². The molecule has 1 atom stereocenters. The van der Waals surface area contributed by atoms with Crippen LogP contribution in [0.25, 0.3) is 0 Å². The molecule has 1 aromatic carbocycles. The molecule has 0 amide bonds. The molecule has 0 fully saturated rings. The molecule has 1 aromatic heterocycles. The van der Waals surface area contributed by atoms with Crippen LogP contribution in [-0.4, -0.2) is 13.7 Å². The van der Waals surface area contributed by atoms with Gasteiger partial charge in [-0.2, -0.15) is 0 Å². The minimum absolute atomic E-state index is 0.161. The summed E-state index contributed by atoms with van der Waals surface area (Å²) in [7, 11) is 1.70. The van der Waals surface area contributed by atoms with Crippen LogP contribution in [0, 0.1) is 0 Å². The van der Waals surface area contributed by atoms with Crippen molar-refractivity contribution in [3.63, 3.8) is 0 Å². The second-order valence-corrected chi connectivity index (χ2v) is 7.06. The maximum Gasteiger partial charge on any atom is 0.119 e. The van der Waals surface area contributed by atoms with E-state index < -0.39 is 0 Å². The van der Waals surface area contributed by atoms with Crippen molar-refractivity contribution in [3.05, 3.63) is 49.0 Å². The number of thiophene rings is 1. The Balaban J connectivity index is 2.43. The van der Waals surface area contributed by atoms with Gasteiger partial charge in [0.1, 0.15) is 5.75 Å². The van der Waals surface area contributed by atoms with Crippen LogP contribution in [0.4, 0.5) is 0 Å². The zero-order chi connectivity index (χ0) is 14.5. The van der Waals surface area contributed by atoms with Crippen LogP contribution in [0.1, 0.15) is 29.8 Å².